The molecule has 18 heavy (non-hydrogen) atoms. The van der Waals surface area contributed by atoms with Crippen molar-refractivity contribution >= 4 is 5.91 Å². The number of amides is 1. The summed E-state index contributed by atoms with van der Waals surface area (Å²) in [5.74, 6) is 3.55. The zero-order valence-electron chi connectivity index (χ0n) is 12.5. The Morgan fingerprint density at radius 3 is 2.06 bits per heavy atom. The molecule has 2 heteroatoms. The molecule has 2 saturated carbocycles. The highest BCUT2D eigenvalue weighted by molar-refractivity contribution is 5.79. The van der Waals surface area contributed by atoms with Gasteiger partial charge in [0.05, 0.1) is 0 Å². The molecule has 0 radical (unpaired) electrons. The molecule has 2 fully saturated rings. The van der Waals surface area contributed by atoms with Crippen molar-refractivity contribution in [1.82, 2.24) is 4.90 Å². The van der Waals surface area contributed by atoms with Gasteiger partial charge in [-0.25, -0.2) is 0 Å². The number of hydrogen-bond acceptors (Lipinski definition) is 1. The summed E-state index contributed by atoms with van der Waals surface area (Å²) in [5, 5.41) is 0. The Kier molecular flexibility index (Phi) is 4.34. The van der Waals surface area contributed by atoms with Crippen LogP contribution in [0.1, 0.15) is 53.4 Å². The van der Waals surface area contributed by atoms with Crippen molar-refractivity contribution in [1.29, 1.82) is 0 Å². The van der Waals surface area contributed by atoms with Crippen molar-refractivity contribution < 1.29 is 4.79 Å². The second kappa shape index (κ2) is 5.63. The highest BCUT2D eigenvalue weighted by Gasteiger charge is 2.44. The van der Waals surface area contributed by atoms with Crippen LogP contribution in [-0.4, -0.2) is 23.9 Å². The van der Waals surface area contributed by atoms with Gasteiger partial charge >= 0.3 is 0 Å². The van der Waals surface area contributed by atoms with Crippen LogP contribution in [0.4, 0.5) is 0 Å². The molecule has 104 valence electrons. The predicted molar refractivity (Wildman–Crippen MR) is 75.2 cm³/mol. The Balaban J connectivity index is 1.98. The normalized spacial score (nSPS) is 30.4. The number of nitrogens with zero attached hydrogens (tertiary/aromatic N) is 1. The van der Waals surface area contributed by atoms with Crippen LogP contribution >= 0.6 is 0 Å². The fourth-order valence-electron chi connectivity index (χ4n) is 3.92. The van der Waals surface area contributed by atoms with Crippen molar-refractivity contribution in [3.8, 4) is 0 Å². The predicted octanol–water partition coefficient (Wildman–Crippen LogP) is 3.56. The molecular weight excluding hydrogens is 222 g/mol. The molecule has 0 heterocycles. The molecule has 3 atom stereocenters. The lowest BCUT2D eigenvalue weighted by molar-refractivity contribution is -0.138. The molecule has 0 aromatic heterocycles. The Morgan fingerprint density at radius 2 is 1.67 bits per heavy atom. The van der Waals surface area contributed by atoms with E-state index >= 15 is 0 Å². The molecule has 2 nitrogen and oxygen atoms in total. The topological polar surface area (TPSA) is 20.3 Å². The van der Waals surface area contributed by atoms with Gasteiger partial charge in [0.2, 0.25) is 5.91 Å². The van der Waals surface area contributed by atoms with E-state index in [2.05, 4.69) is 32.6 Å². The zero-order chi connectivity index (χ0) is 13.3. The van der Waals surface area contributed by atoms with E-state index in [9.17, 15) is 4.79 Å². The molecule has 0 spiro atoms. The lowest BCUT2D eigenvalue weighted by Crippen LogP contribution is -2.42. The van der Waals surface area contributed by atoms with Crippen molar-refractivity contribution in [2.75, 3.05) is 13.1 Å². The minimum absolute atomic E-state index is 0.362. The van der Waals surface area contributed by atoms with Gasteiger partial charge in [0.1, 0.15) is 0 Å². The first-order chi connectivity index (χ1) is 8.47. The summed E-state index contributed by atoms with van der Waals surface area (Å²) in [5.41, 5.74) is 0. The van der Waals surface area contributed by atoms with Crippen molar-refractivity contribution in [2.24, 2.45) is 29.6 Å². The maximum atomic E-state index is 12.7. The molecule has 0 unspecified atom stereocenters. The Hall–Kier alpha value is -0.530. The maximum Gasteiger partial charge on any atom is 0.225 e. The largest absolute Gasteiger partial charge is 0.342 e. The van der Waals surface area contributed by atoms with Gasteiger partial charge < -0.3 is 4.90 Å². The molecule has 0 aromatic carbocycles. The van der Waals surface area contributed by atoms with E-state index in [0.717, 1.165) is 19.0 Å². The van der Waals surface area contributed by atoms with Gasteiger partial charge in [-0.15, -0.1) is 0 Å². The molecule has 0 aromatic rings. The molecule has 0 saturated heterocycles. The molecule has 2 aliphatic carbocycles. The first-order valence-corrected chi connectivity index (χ1v) is 7.76. The van der Waals surface area contributed by atoms with E-state index in [4.69, 9.17) is 0 Å². The standard InChI is InChI=1S/C16H29NO/c1-11(2)9-17(10-12(3)4)16(18)15-8-13-5-6-14(15)7-13/h11-15H,5-10H2,1-4H3/t13-,14+,15+/m0/s1. The average molecular weight is 251 g/mol. The second-order valence-corrected chi connectivity index (χ2v) is 7.31. The van der Waals surface area contributed by atoms with Crippen LogP contribution in [0.25, 0.3) is 0 Å². The Labute approximate surface area is 112 Å². The van der Waals surface area contributed by atoms with Gasteiger partial charge in [-0.05, 0) is 42.9 Å². The van der Waals surface area contributed by atoms with Crippen molar-refractivity contribution in [3.63, 3.8) is 0 Å². The molecule has 2 bridgehead atoms. The van der Waals surface area contributed by atoms with Crippen LogP contribution in [0, 0.1) is 29.6 Å². The van der Waals surface area contributed by atoms with Crippen LogP contribution in [0.2, 0.25) is 0 Å². The summed E-state index contributed by atoms with van der Waals surface area (Å²) in [4.78, 5) is 14.9. The fourth-order valence-corrected chi connectivity index (χ4v) is 3.92. The highest BCUT2D eigenvalue weighted by Crippen LogP contribution is 2.48. The third kappa shape index (κ3) is 3.07. The Bertz CT molecular complexity index is 287. The van der Waals surface area contributed by atoms with Gasteiger partial charge in [-0.2, -0.15) is 0 Å². The zero-order valence-corrected chi connectivity index (χ0v) is 12.5. The first-order valence-electron chi connectivity index (χ1n) is 7.76. The summed E-state index contributed by atoms with van der Waals surface area (Å²) < 4.78 is 0. The molecular formula is C16H29NO. The molecule has 2 aliphatic rings. The van der Waals surface area contributed by atoms with E-state index < -0.39 is 0 Å². The summed E-state index contributed by atoms with van der Waals surface area (Å²) in [6, 6.07) is 0. The lowest BCUT2D eigenvalue weighted by atomic mass is 9.87. The number of carbonyl (C=O) groups is 1. The first kappa shape index (κ1) is 13.9. The third-order valence-electron chi connectivity index (χ3n) is 4.54. The second-order valence-electron chi connectivity index (χ2n) is 7.31. The molecule has 0 N–H and O–H groups in total. The monoisotopic (exact) mass is 251 g/mol. The smallest absolute Gasteiger partial charge is 0.225 e. The number of fused-ring (bicyclic) bond motifs is 2. The van der Waals surface area contributed by atoms with Crippen molar-refractivity contribution in [3.05, 3.63) is 0 Å². The summed E-state index contributed by atoms with van der Waals surface area (Å²) in [6.45, 7) is 10.7. The van der Waals surface area contributed by atoms with E-state index in [1.165, 1.54) is 25.7 Å². The van der Waals surface area contributed by atoms with Crippen LogP contribution in [-0.2, 0) is 4.79 Å². The summed E-state index contributed by atoms with van der Waals surface area (Å²) in [7, 11) is 0. The quantitative estimate of drug-likeness (QED) is 0.731. The van der Waals surface area contributed by atoms with E-state index in [0.29, 0.717) is 29.6 Å². The minimum Gasteiger partial charge on any atom is -0.342 e. The highest BCUT2D eigenvalue weighted by atomic mass is 16.2. The van der Waals surface area contributed by atoms with E-state index in [-0.39, 0.29) is 0 Å². The summed E-state index contributed by atoms with van der Waals surface area (Å²) >= 11 is 0. The average Bonchev–Trinajstić information content (AvgIpc) is 2.87. The van der Waals surface area contributed by atoms with Crippen LogP contribution in [0.5, 0.6) is 0 Å². The van der Waals surface area contributed by atoms with E-state index in [1.54, 1.807) is 0 Å². The molecule has 1 amide bonds. The van der Waals surface area contributed by atoms with Gasteiger partial charge in [-0.3, -0.25) is 4.79 Å². The summed E-state index contributed by atoms with van der Waals surface area (Å²) in [6.07, 6.45) is 5.19. The maximum absolute atomic E-state index is 12.7. The van der Waals surface area contributed by atoms with Crippen molar-refractivity contribution in [2.45, 2.75) is 53.4 Å². The van der Waals surface area contributed by atoms with Gasteiger partial charge in [0.15, 0.2) is 0 Å². The number of rotatable bonds is 5. The Morgan fingerprint density at radius 1 is 1.06 bits per heavy atom. The molecule has 0 aliphatic heterocycles. The van der Waals surface area contributed by atoms with Crippen LogP contribution in [0.15, 0.2) is 0 Å². The van der Waals surface area contributed by atoms with Crippen LogP contribution < -0.4 is 0 Å². The minimum atomic E-state index is 0.362. The van der Waals surface area contributed by atoms with E-state index in [1.807, 2.05) is 0 Å². The lowest BCUT2D eigenvalue weighted by Gasteiger charge is -2.32. The number of hydrogen-bond donors (Lipinski definition) is 0. The fraction of sp³-hybridized carbons (Fsp3) is 0.938. The van der Waals surface area contributed by atoms with Gasteiger partial charge in [0.25, 0.3) is 0 Å². The third-order valence-corrected chi connectivity index (χ3v) is 4.54. The SMILES string of the molecule is CC(C)CN(CC(C)C)C(=O)[C@@H]1C[C@H]2CC[C@@H]1C2. The van der Waals surface area contributed by atoms with Gasteiger partial charge in [-0.1, -0.05) is 34.1 Å². The van der Waals surface area contributed by atoms with Gasteiger partial charge in [0, 0.05) is 19.0 Å². The number of carbonyl (C=O) groups excluding carboxylic acids is 1. The molecule has 2 rings (SSSR count). The van der Waals surface area contributed by atoms with Crippen LogP contribution in [0.3, 0.4) is 0 Å².